The van der Waals surface area contributed by atoms with E-state index in [2.05, 4.69) is 15.0 Å². The van der Waals surface area contributed by atoms with Crippen LogP contribution in [0, 0.1) is 0 Å². The highest BCUT2D eigenvalue weighted by molar-refractivity contribution is 7.91. The molecule has 0 saturated heterocycles. The summed E-state index contributed by atoms with van der Waals surface area (Å²) in [6, 6.07) is 6.60. The number of pyridine rings is 2. The molecule has 0 unspecified atom stereocenters. The second kappa shape index (κ2) is 5.59. The zero-order valence-corrected chi connectivity index (χ0v) is 13.2. The average Bonchev–Trinajstić information content (AvgIpc) is 2.97. The summed E-state index contributed by atoms with van der Waals surface area (Å²) in [7, 11) is -3.53. The minimum atomic E-state index is -4.55. The van der Waals surface area contributed by atoms with Crippen LogP contribution in [-0.4, -0.2) is 29.1 Å². The van der Waals surface area contributed by atoms with Gasteiger partial charge in [0.25, 0.3) is 0 Å². The molecule has 126 valence electrons. The van der Waals surface area contributed by atoms with Gasteiger partial charge in [0.05, 0.1) is 16.3 Å². The number of rotatable bonds is 3. The second-order valence-electron chi connectivity index (χ2n) is 5.07. The van der Waals surface area contributed by atoms with Crippen molar-refractivity contribution in [1.82, 2.24) is 15.0 Å². The molecule has 0 bridgehead atoms. The number of H-pyrrole nitrogens is 1. The largest absolute Gasteiger partial charge is 0.433 e. The number of hydrogen-bond donors (Lipinski definition) is 1. The third-order valence-electron chi connectivity index (χ3n) is 3.51. The Balaban J connectivity index is 2.18. The summed E-state index contributed by atoms with van der Waals surface area (Å²) >= 11 is 0. The van der Waals surface area contributed by atoms with Gasteiger partial charge in [-0.25, -0.2) is 13.4 Å². The van der Waals surface area contributed by atoms with Gasteiger partial charge in [-0.2, -0.15) is 13.2 Å². The van der Waals surface area contributed by atoms with Crippen molar-refractivity contribution >= 4 is 20.9 Å². The highest BCUT2D eigenvalue weighted by Crippen LogP contribution is 2.31. The Morgan fingerprint density at radius 1 is 1.21 bits per heavy atom. The van der Waals surface area contributed by atoms with Gasteiger partial charge in [0.2, 0.25) is 0 Å². The molecule has 5 nitrogen and oxygen atoms in total. The van der Waals surface area contributed by atoms with Crippen molar-refractivity contribution in [2.75, 3.05) is 5.75 Å². The first-order valence-electron chi connectivity index (χ1n) is 6.97. The lowest BCUT2D eigenvalue weighted by Gasteiger charge is -2.06. The Kier molecular flexibility index (Phi) is 3.83. The van der Waals surface area contributed by atoms with Crippen molar-refractivity contribution in [3.05, 3.63) is 42.2 Å². The smallest absolute Gasteiger partial charge is 0.338 e. The van der Waals surface area contributed by atoms with Gasteiger partial charge >= 0.3 is 6.18 Å². The van der Waals surface area contributed by atoms with Crippen molar-refractivity contribution in [1.29, 1.82) is 0 Å². The predicted octanol–water partition coefficient (Wildman–Crippen LogP) is 3.44. The van der Waals surface area contributed by atoms with Crippen LogP contribution >= 0.6 is 0 Å². The Hall–Kier alpha value is -2.42. The van der Waals surface area contributed by atoms with E-state index in [1.165, 1.54) is 37.4 Å². The number of aromatic nitrogens is 3. The molecule has 0 fully saturated rings. The number of hydrogen-bond acceptors (Lipinski definition) is 4. The summed E-state index contributed by atoms with van der Waals surface area (Å²) in [5, 5.41) is 0.434. The lowest BCUT2D eigenvalue weighted by Crippen LogP contribution is -2.07. The molecule has 0 aromatic carbocycles. The topological polar surface area (TPSA) is 75.7 Å². The third-order valence-corrected chi connectivity index (χ3v) is 5.27. The van der Waals surface area contributed by atoms with E-state index in [-0.39, 0.29) is 22.0 Å². The average molecular weight is 355 g/mol. The number of fused-ring (bicyclic) bond motifs is 1. The summed E-state index contributed by atoms with van der Waals surface area (Å²) in [5.74, 6) is -0.109. The molecule has 0 radical (unpaired) electrons. The van der Waals surface area contributed by atoms with Gasteiger partial charge in [-0.05, 0) is 30.3 Å². The van der Waals surface area contributed by atoms with Gasteiger partial charge in [-0.15, -0.1) is 0 Å². The van der Waals surface area contributed by atoms with E-state index in [1.54, 1.807) is 0 Å². The maximum absolute atomic E-state index is 12.7. The summed E-state index contributed by atoms with van der Waals surface area (Å²) < 4.78 is 62.6. The monoisotopic (exact) mass is 355 g/mol. The van der Waals surface area contributed by atoms with E-state index in [9.17, 15) is 21.6 Å². The van der Waals surface area contributed by atoms with Crippen LogP contribution in [-0.2, 0) is 16.0 Å². The molecule has 9 heteroatoms. The number of nitrogens with zero attached hydrogens (tertiary/aromatic N) is 2. The fraction of sp³-hybridized carbons (Fsp3) is 0.200. The number of nitrogens with one attached hydrogen (secondary N) is 1. The molecule has 24 heavy (non-hydrogen) atoms. The number of alkyl halides is 3. The maximum Gasteiger partial charge on any atom is 0.433 e. The van der Waals surface area contributed by atoms with Crippen LogP contribution in [0.3, 0.4) is 0 Å². The predicted molar refractivity (Wildman–Crippen MR) is 82.1 cm³/mol. The van der Waals surface area contributed by atoms with Crippen LogP contribution in [0.5, 0.6) is 0 Å². The number of sulfone groups is 1. The van der Waals surface area contributed by atoms with E-state index >= 15 is 0 Å². The van der Waals surface area contributed by atoms with Gasteiger partial charge in [-0.3, -0.25) is 4.98 Å². The van der Waals surface area contributed by atoms with Crippen LogP contribution in [0.15, 0.2) is 41.4 Å². The standard InChI is InChI=1S/C15H12F3N3O2S/c1-2-24(22,23)11-4-3-7-19-13(11)10-8-9-5-6-12(15(16,17)18)21-14(9)20-10/h3-8H,2H2,1H3,(H,20,21). The van der Waals surface area contributed by atoms with Crippen molar-refractivity contribution in [3.8, 4) is 11.4 Å². The highest BCUT2D eigenvalue weighted by atomic mass is 32.2. The van der Waals surface area contributed by atoms with Crippen LogP contribution in [0.2, 0.25) is 0 Å². The summed E-state index contributed by atoms with van der Waals surface area (Å²) in [4.78, 5) is 10.4. The molecule has 0 saturated carbocycles. The molecule has 0 aliphatic carbocycles. The van der Waals surface area contributed by atoms with Gasteiger partial charge in [-0.1, -0.05) is 6.92 Å². The van der Waals surface area contributed by atoms with Crippen LogP contribution < -0.4 is 0 Å². The quantitative estimate of drug-likeness (QED) is 0.781. The summed E-state index contributed by atoms with van der Waals surface area (Å²) in [5.41, 5.74) is -0.550. The lowest BCUT2D eigenvalue weighted by atomic mass is 10.2. The van der Waals surface area contributed by atoms with Crippen LogP contribution in [0.1, 0.15) is 12.6 Å². The maximum atomic E-state index is 12.7. The molecule has 3 rings (SSSR count). The molecule has 0 amide bonds. The zero-order valence-electron chi connectivity index (χ0n) is 12.4. The van der Waals surface area contributed by atoms with E-state index in [4.69, 9.17) is 0 Å². The van der Waals surface area contributed by atoms with E-state index in [0.717, 1.165) is 6.07 Å². The van der Waals surface area contributed by atoms with Crippen molar-refractivity contribution in [2.24, 2.45) is 0 Å². The molecule has 0 atom stereocenters. The Morgan fingerprint density at radius 3 is 2.62 bits per heavy atom. The molecule has 3 heterocycles. The molecule has 3 aromatic rings. The molecule has 0 aliphatic rings. The summed E-state index contributed by atoms with van der Waals surface area (Å²) in [6.07, 6.45) is -3.13. The van der Waals surface area contributed by atoms with Gasteiger partial charge in [0.1, 0.15) is 17.0 Å². The van der Waals surface area contributed by atoms with E-state index in [1.807, 2.05) is 0 Å². The molecule has 0 spiro atoms. The first-order valence-corrected chi connectivity index (χ1v) is 8.62. The molecular weight excluding hydrogens is 343 g/mol. The normalized spacial score (nSPS) is 12.7. The third kappa shape index (κ3) is 2.86. The summed E-state index contributed by atoms with van der Waals surface area (Å²) in [6.45, 7) is 1.51. The SMILES string of the molecule is CCS(=O)(=O)c1cccnc1-c1cc2ccc(C(F)(F)F)nc2[nH]1. The van der Waals surface area contributed by atoms with Crippen molar-refractivity contribution in [2.45, 2.75) is 18.0 Å². The minimum Gasteiger partial charge on any atom is -0.338 e. The molecule has 3 aromatic heterocycles. The first-order chi connectivity index (χ1) is 11.2. The molecule has 0 aliphatic heterocycles. The minimum absolute atomic E-state index is 0.0188. The van der Waals surface area contributed by atoms with Crippen LogP contribution in [0.25, 0.3) is 22.4 Å². The zero-order chi connectivity index (χ0) is 17.5. The van der Waals surface area contributed by atoms with Crippen LogP contribution in [0.4, 0.5) is 13.2 Å². The second-order valence-corrected chi connectivity index (χ2v) is 7.32. The first kappa shape index (κ1) is 16.4. The van der Waals surface area contributed by atoms with Gasteiger partial charge in [0, 0.05) is 11.6 Å². The Morgan fingerprint density at radius 2 is 1.96 bits per heavy atom. The molecule has 1 N–H and O–H groups in total. The van der Waals surface area contributed by atoms with Crippen molar-refractivity contribution in [3.63, 3.8) is 0 Å². The van der Waals surface area contributed by atoms with E-state index in [0.29, 0.717) is 11.1 Å². The number of aromatic amines is 1. The lowest BCUT2D eigenvalue weighted by molar-refractivity contribution is -0.141. The van der Waals surface area contributed by atoms with E-state index < -0.39 is 21.7 Å². The van der Waals surface area contributed by atoms with Crippen molar-refractivity contribution < 1.29 is 21.6 Å². The highest BCUT2D eigenvalue weighted by Gasteiger charge is 2.32. The Labute approximate surface area is 135 Å². The van der Waals surface area contributed by atoms with Gasteiger partial charge in [0.15, 0.2) is 9.84 Å². The Bertz CT molecular complexity index is 1010. The van der Waals surface area contributed by atoms with Gasteiger partial charge < -0.3 is 4.98 Å². The fourth-order valence-electron chi connectivity index (χ4n) is 2.29. The fourth-order valence-corrected chi connectivity index (χ4v) is 3.34. The molecular formula is C15H12F3N3O2S. The number of halogens is 3.